The Bertz CT molecular complexity index is 3510. The van der Waals surface area contributed by atoms with Crippen LogP contribution in [0.4, 0.5) is 0 Å². The highest BCUT2D eigenvalue weighted by molar-refractivity contribution is 6.17. The average Bonchev–Trinajstić information content (AvgIpc) is 3.95. The van der Waals surface area contributed by atoms with Gasteiger partial charge in [-0.1, -0.05) is 115 Å². The van der Waals surface area contributed by atoms with Crippen molar-refractivity contribution >= 4 is 65.7 Å². The van der Waals surface area contributed by atoms with E-state index in [-0.39, 0.29) is 0 Å². The number of hydrogen-bond acceptors (Lipinski definition) is 5. The van der Waals surface area contributed by atoms with Gasteiger partial charge in [-0.15, -0.1) is 0 Å². The van der Waals surface area contributed by atoms with Crippen LogP contribution in [0.3, 0.4) is 0 Å². The lowest BCUT2D eigenvalue weighted by Crippen LogP contribution is -2.00. The lowest BCUT2D eigenvalue weighted by molar-refractivity contribution is 0.669. The van der Waals surface area contributed by atoms with E-state index in [2.05, 4.69) is 120 Å². The fraction of sp³-hybridized carbons (Fsp3) is 0. The number of para-hydroxylation sites is 2. The molecule has 0 aliphatic heterocycles. The van der Waals surface area contributed by atoms with Gasteiger partial charge in [-0.3, -0.25) is 0 Å². The van der Waals surface area contributed by atoms with E-state index >= 15 is 0 Å². The molecule has 4 aromatic heterocycles. The van der Waals surface area contributed by atoms with Crippen LogP contribution in [0.1, 0.15) is 0 Å². The Morgan fingerprint density at radius 3 is 1.72 bits per heavy atom. The maximum atomic E-state index is 6.48. The van der Waals surface area contributed by atoms with Crippen molar-refractivity contribution in [2.24, 2.45) is 0 Å². The number of aromatic nitrogens is 4. The summed E-state index contributed by atoms with van der Waals surface area (Å²) in [6.45, 7) is 0. The second kappa shape index (κ2) is 12.3. The Kier molecular flexibility index (Phi) is 6.83. The van der Waals surface area contributed by atoms with E-state index in [0.29, 0.717) is 17.5 Å². The van der Waals surface area contributed by atoms with Gasteiger partial charge in [0.2, 0.25) is 0 Å². The van der Waals surface area contributed by atoms with Crippen molar-refractivity contribution in [3.05, 3.63) is 182 Å². The lowest BCUT2D eigenvalue weighted by atomic mass is 9.99. The first-order chi connectivity index (χ1) is 28.2. The molecule has 0 N–H and O–H groups in total. The number of nitrogens with zero attached hydrogens (tertiary/aromatic N) is 4. The van der Waals surface area contributed by atoms with Gasteiger partial charge >= 0.3 is 0 Å². The predicted octanol–water partition coefficient (Wildman–Crippen LogP) is 13.4. The fourth-order valence-electron chi connectivity index (χ4n) is 8.40. The van der Waals surface area contributed by atoms with Gasteiger partial charge in [-0.25, -0.2) is 15.0 Å². The molecule has 12 aromatic rings. The molecule has 6 heteroatoms. The minimum Gasteiger partial charge on any atom is -0.456 e. The summed E-state index contributed by atoms with van der Waals surface area (Å²) in [5.41, 5.74) is 11.6. The van der Waals surface area contributed by atoms with Gasteiger partial charge in [0.1, 0.15) is 22.3 Å². The third kappa shape index (κ3) is 5.01. The first-order valence-corrected chi connectivity index (χ1v) is 19.0. The van der Waals surface area contributed by atoms with Crippen LogP contribution in [0, 0.1) is 0 Å². The summed E-state index contributed by atoms with van der Waals surface area (Å²) >= 11 is 0. The molecule has 12 rings (SSSR count). The van der Waals surface area contributed by atoms with Crippen LogP contribution in [0.2, 0.25) is 0 Å². The zero-order valence-electron chi connectivity index (χ0n) is 30.4. The highest BCUT2D eigenvalue weighted by atomic mass is 16.3. The number of rotatable bonds is 5. The van der Waals surface area contributed by atoms with Crippen LogP contribution in [0.25, 0.3) is 117 Å². The molecule has 0 saturated carbocycles. The van der Waals surface area contributed by atoms with Gasteiger partial charge < -0.3 is 13.4 Å². The van der Waals surface area contributed by atoms with Gasteiger partial charge in [0.15, 0.2) is 17.5 Å². The van der Waals surface area contributed by atoms with Gasteiger partial charge in [0.25, 0.3) is 0 Å². The molecule has 0 saturated heterocycles. The van der Waals surface area contributed by atoms with Crippen molar-refractivity contribution in [3.8, 4) is 51.0 Å². The molecule has 0 bridgehead atoms. The minimum absolute atomic E-state index is 0.576. The summed E-state index contributed by atoms with van der Waals surface area (Å²) in [4.78, 5) is 15.1. The first kappa shape index (κ1) is 31.5. The topological polar surface area (TPSA) is 69.9 Å². The zero-order valence-corrected chi connectivity index (χ0v) is 30.4. The van der Waals surface area contributed by atoms with Crippen molar-refractivity contribution in [3.63, 3.8) is 0 Å². The average molecular weight is 731 g/mol. The number of hydrogen-bond donors (Lipinski definition) is 0. The van der Waals surface area contributed by atoms with E-state index in [1.807, 2.05) is 66.7 Å². The molecule has 266 valence electrons. The molecule has 0 amide bonds. The summed E-state index contributed by atoms with van der Waals surface area (Å²) in [5.74, 6) is 1.78. The Labute approximate surface area is 325 Å². The zero-order chi connectivity index (χ0) is 37.5. The number of furan rings is 2. The molecule has 0 spiro atoms. The molecule has 0 atom stereocenters. The normalized spacial score (nSPS) is 11.9. The Morgan fingerprint density at radius 1 is 0.333 bits per heavy atom. The number of benzene rings is 8. The molecule has 0 aliphatic rings. The van der Waals surface area contributed by atoms with E-state index < -0.39 is 0 Å². The van der Waals surface area contributed by atoms with Crippen molar-refractivity contribution in [1.29, 1.82) is 0 Å². The Balaban J connectivity index is 0.991. The van der Waals surface area contributed by atoms with E-state index in [9.17, 15) is 0 Å². The van der Waals surface area contributed by atoms with E-state index in [0.717, 1.165) is 93.8 Å². The molecule has 0 aliphatic carbocycles. The van der Waals surface area contributed by atoms with Crippen molar-refractivity contribution in [2.75, 3.05) is 0 Å². The highest BCUT2D eigenvalue weighted by Gasteiger charge is 2.19. The van der Waals surface area contributed by atoms with Gasteiger partial charge in [-0.05, 0) is 77.9 Å². The first-order valence-electron chi connectivity index (χ1n) is 19.0. The van der Waals surface area contributed by atoms with Crippen LogP contribution >= 0.6 is 0 Å². The van der Waals surface area contributed by atoms with Crippen LogP contribution < -0.4 is 0 Å². The van der Waals surface area contributed by atoms with Crippen molar-refractivity contribution in [1.82, 2.24) is 19.5 Å². The maximum Gasteiger partial charge on any atom is 0.164 e. The summed E-state index contributed by atoms with van der Waals surface area (Å²) < 4.78 is 15.1. The second-order valence-corrected chi connectivity index (χ2v) is 14.4. The smallest absolute Gasteiger partial charge is 0.164 e. The van der Waals surface area contributed by atoms with Crippen LogP contribution in [0.5, 0.6) is 0 Å². The molecule has 8 aromatic carbocycles. The third-order valence-electron chi connectivity index (χ3n) is 11.1. The minimum atomic E-state index is 0.576. The summed E-state index contributed by atoms with van der Waals surface area (Å²) in [6, 6.07) is 62.7. The lowest BCUT2D eigenvalue weighted by Gasteiger charge is -2.11. The van der Waals surface area contributed by atoms with Crippen LogP contribution in [-0.2, 0) is 0 Å². The monoisotopic (exact) mass is 730 g/mol. The van der Waals surface area contributed by atoms with Gasteiger partial charge in [-0.2, -0.15) is 0 Å². The van der Waals surface area contributed by atoms with E-state index in [1.165, 1.54) is 5.39 Å². The van der Waals surface area contributed by atoms with Crippen molar-refractivity contribution < 1.29 is 8.83 Å². The SMILES string of the molecule is c1ccc(-c2nc(-c3ccc(-n4c5ccccc5c5cc6oc7ccccc7c6cc54)cc3)nc(-c3ccc4c(c3)oc3cccc(-c5ccccc5)c34)n2)cc1. The molecule has 0 unspecified atom stereocenters. The second-order valence-electron chi connectivity index (χ2n) is 14.4. The fourth-order valence-corrected chi connectivity index (χ4v) is 8.40. The molecular weight excluding hydrogens is 701 g/mol. The highest BCUT2D eigenvalue weighted by Crippen LogP contribution is 2.40. The summed E-state index contributed by atoms with van der Waals surface area (Å²) in [6.07, 6.45) is 0. The van der Waals surface area contributed by atoms with E-state index in [4.69, 9.17) is 23.8 Å². The predicted molar refractivity (Wildman–Crippen MR) is 230 cm³/mol. The van der Waals surface area contributed by atoms with Gasteiger partial charge in [0.05, 0.1) is 11.0 Å². The summed E-state index contributed by atoms with van der Waals surface area (Å²) in [7, 11) is 0. The van der Waals surface area contributed by atoms with Crippen LogP contribution in [-0.4, -0.2) is 19.5 Å². The molecule has 4 heterocycles. The quantitative estimate of drug-likeness (QED) is 0.176. The molecule has 0 fully saturated rings. The molecule has 57 heavy (non-hydrogen) atoms. The van der Waals surface area contributed by atoms with E-state index in [1.54, 1.807) is 0 Å². The van der Waals surface area contributed by atoms with Gasteiger partial charge in [0, 0.05) is 54.7 Å². The molecule has 6 nitrogen and oxygen atoms in total. The standard InChI is InChI=1S/C51H30N4O2/c1-3-12-31(13-4-1)36-18-11-21-45-48(36)39-27-24-34(28-46(39)57-45)51-53-49(32-14-5-2-6-15-32)52-50(54-51)33-22-25-35(26-23-33)55-42-19-9-7-16-37(42)40-30-47-41(29-43(40)55)38-17-8-10-20-44(38)56-47/h1-30H. The summed E-state index contributed by atoms with van der Waals surface area (Å²) in [5, 5.41) is 6.67. The Hall–Kier alpha value is -7.83. The van der Waals surface area contributed by atoms with Crippen molar-refractivity contribution in [2.45, 2.75) is 0 Å². The Morgan fingerprint density at radius 2 is 0.930 bits per heavy atom. The molecule has 0 radical (unpaired) electrons. The maximum absolute atomic E-state index is 6.48. The third-order valence-corrected chi connectivity index (χ3v) is 11.1. The number of fused-ring (bicyclic) bond motifs is 9. The van der Waals surface area contributed by atoms with Crippen LogP contribution in [0.15, 0.2) is 191 Å². The molecular formula is C51H30N4O2. The largest absolute Gasteiger partial charge is 0.456 e.